The first-order valence-electron chi connectivity index (χ1n) is 5.97. The highest BCUT2D eigenvalue weighted by Gasteiger charge is 2.14. The van der Waals surface area contributed by atoms with Crippen molar-refractivity contribution in [1.82, 2.24) is 0 Å². The summed E-state index contributed by atoms with van der Waals surface area (Å²) in [5, 5.41) is 0.658. The topological polar surface area (TPSA) is 26.0 Å². The Morgan fingerprint density at radius 2 is 1.81 bits per heavy atom. The Kier molecular flexibility index (Phi) is 4.10. The fraction of sp³-hybridized carbons (Fsp3) is 0.538. The molecular weight excluding hydrogens is 221 g/mol. The van der Waals surface area contributed by atoms with Crippen LogP contribution in [0.4, 0.5) is 10.1 Å². The number of halogens is 1. The van der Waals surface area contributed by atoms with Crippen molar-refractivity contribution in [2.75, 3.05) is 5.73 Å². The maximum absolute atomic E-state index is 13.3. The van der Waals surface area contributed by atoms with Crippen LogP contribution in [0, 0.1) is 5.82 Å². The van der Waals surface area contributed by atoms with Crippen LogP contribution in [-0.4, -0.2) is 5.25 Å². The summed E-state index contributed by atoms with van der Waals surface area (Å²) in [6.07, 6.45) is 7.86. The molecule has 0 radical (unpaired) electrons. The van der Waals surface area contributed by atoms with Crippen LogP contribution in [0.5, 0.6) is 0 Å². The predicted molar refractivity (Wildman–Crippen MR) is 68.2 cm³/mol. The molecule has 0 aromatic heterocycles. The van der Waals surface area contributed by atoms with Crippen molar-refractivity contribution in [1.29, 1.82) is 0 Å². The molecule has 1 nitrogen and oxygen atoms in total. The zero-order chi connectivity index (χ0) is 11.4. The van der Waals surface area contributed by atoms with Gasteiger partial charge in [0.05, 0.1) is 5.69 Å². The summed E-state index contributed by atoms with van der Waals surface area (Å²) in [7, 11) is 0. The number of thioether (sulfide) groups is 1. The zero-order valence-corrected chi connectivity index (χ0v) is 10.2. The molecule has 88 valence electrons. The van der Waals surface area contributed by atoms with Crippen LogP contribution in [-0.2, 0) is 0 Å². The molecule has 0 bridgehead atoms. The lowest BCUT2D eigenvalue weighted by Gasteiger charge is -2.13. The quantitative estimate of drug-likeness (QED) is 0.617. The number of hydrogen-bond acceptors (Lipinski definition) is 2. The van der Waals surface area contributed by atoms with Gasteiger partial charge in [-0.2, -0.15) is 0 Å². The molecule has 0 saturated heterocycles. The number of nitrogens with two attached hydrogens (primary N) is 1. The van der Waals surface area contributed by atoms with E-state index in [-0.39, 0.29) is 11.5 Å². The third-order valence-electron chi connectivity index (χ3n) is 3.08. The molecule has 0 spiro atoms. The second-order valence-electron chi connectivity index (χ2n) is 4.41. The molecule has 16 heavy (non-hydrogen) atoms. The van der Waals surface area contributed by atoms with E-state index in [9.17, 15) is 4.39 Å². The fourth-order valence-corrected chi connectivity index (χ4v) is 3.41. The van der Waals surface area contributed by atoms with E-state index in [0.717, 1.165) is 4.90 Å². The smallest absolute Gasteiger partial charge is 0.147 e. The molecule has 1 aromatic rings. The van der Waals surface area contributed by atoms with E-state index in [0.29, 0.717) is 5.25 Å². The Morgan fingerprint density at radius 1 is 1.12 bits per heavy atom. The third-order valence-corrected chi connectivity index (χ3v) is 4.41. The lowest BCUT2D eigenvalue weighted by atomic mass is 10.2. The Hall–Kier alpha value is -0.700. The van der Waals surface area contributed by atoms with Crippen LogP contribution in [0.25, 0.3) is 0 Å². The highest BCUT2D eigenvalue weighted by Crippen LogP contribution is 2.33. The summed E-state index contributed by atoms with van der Waals surface area (Å²) in [5.41, 5.74) is 5.70. The molecule has 0 aliphatic heterocycles. The number of nitrogen functional groups attached to an aromatic ring is 1. The first kappa shape index (κ1) is 11.8. The average Bonchev–Trinajstić information content (AvgIpc) is 2.52. The van der Waals surface area contributed by atoms with Gasteiger partial charge in [0.15, 0.2) is 0 Å². The molecule has 2 N–H and O–H groups in total. The van der Waals surface area contributed by atoms with E-state index in [1.165, 1.54) is 38.5 Å². The second kappa shape index (κ2) is 5.58. The third kappa shape index (κ3) is 3.14. The molecular formula is C13H18FNS. The highest BCUT2D eigenvalue weighted by atomic mass is 32.2. The van der Waals surface area contributed by atoms with Crippen molar-refractivity contribution < 1.29 is 4.39 Å². The fourth-order valence-electron chi connectivity index (χ4n) is 2.13. The minimum Gasteiger partial charge on any atom is -0.396 e. The van der Waals surface area contributed by atoms with Gasteiger partial charge in [-0.05, 0) is 31.0 Å². The lowest BCUT2D eigenvalue weighted by Crippen LogP contribution is -2.00. The van der Waals surface area contributed by atoms with Gasteiger partial charge < -0.3 is 5.73 Å². The normalized spacial score (nSPS) is 18.3. The van der Waals surface area contributed by atoms with Crippen LogP contribution in [0.2, 0.25) is 0 Å². The molecule has 0 atom stereocenters. The molecule has 1 aromatic carbocycles. The summed E-state index contributed by atoms with van der Waals surface area (Å²) in [4.78, 5) is 1.01. The SMILES string of the molecule is Nc1ccc(SC2CCCCCC2)cc1F. The number of benzene rings is 1. The lowest BCUT2D eigenvalue weighted by molar-refractivity contribution is 0.628. The zero-order valence-electron chi connectivity index (χ0n) is 9.42. The van der Waals surface area contributed by atoms with Crippen molar-refractivity contribution in [3.63, 3.8) is 0 Å². The number of anilines is 1. The summed E-state index contributed by atoms with van der Waals surface area (Å²) < 4.78 is 13.3. The Balaban J connectivity index is 1.99. The van der Waals surface area contributed by atoms with Crippen molar-refractivity contribution in [3.05, 3.63) is 24.0 Å². The van der Waals surface area contributed by atoms with Gasteiger partial charge in [0, 0.05) is 10.1 Å². The molecule has 1 aliphatic carbocycles. The van der Waals surface area contributed by atoms with Gasteiger partial charge >= 0.3 is 0 Å². The predicted octanol–water partition coefficient (Wildman–Crippen LogP) is 4.22. The van der Waals surface area contributed by atoms with Gasteiger partial charge in [0.2, 0.25) is 0 Å². The maximum Gasteiger partial charge on any atom is 0.147 e. The van der Waals surface area contributed by atoms with E-state index in [4.69, 9.17) is 5.73 Å². The molecule has 2 rings (SSSR count). The van der Waals surface area contributed by atoms with Crippen molar-refractivity contribution in [2.45, 2.75) is 48.7 Å². The first-order valence-corrected chi connectivity index (χ1v) is 6.85. The molecule has 1 fully saturated rings. The van der Waals surface area contributed by atoms with Crippen molar-refractivity contribution in [2.24, 2.45) is 0 Å². The Bertz CT molecular complexity index is 346. The standard InChI is InChI=1S/C13H18FNS/c14-12-9-11(7-8-13(12)15)16-10-5-3-1-2-4-6-10/h7-10H,1-6,15H2. The molecule has 0 unspecified atom stereocenters. The first-order chi connectivity index (χ1) is 7.75. The van der Waals surface area contributed by atoms with Crippen LogP contribution in [0.1, 0.15) is 38.5 Å². The van der Waals surface area contributed by atoms with Crippen molar-refractivity contribution in [3.8, 4) is 0 Å². The van der Waals surface area contributed by atoms with Crippen LogP contribution >= 0.6 is 11.8 Å². The minimum atomic E-state index is -0.293. The summed E-state index contributed by atoms with van der Waals surface area (Å²) >= 11 is 1.81. The van der Waals surface area contributed by atoms with E-state index >= 15 is 0 Å². The summed E-state index contributed by atoms with van der Waals surface area (Å²) in [6, 6.07) is 5.15. The van der Waals surface area contributed by atoms with Crippen LogP contribution in [0.3, 0.4) is 0 Å². The van der Waals surface area contributed by atoms with Gasteiger partial charge in [-0.3, -0.25) is 0 Å². The molecule has 3 heteroatoms. The number of rotatable bonds is 2. The molecule has 1 saturated carbocycles. The van der Waals surface area contributed by atoms with Gasteiger partial charge in [-0.1, -0.05) is 25.7 Å². The Labute approximate surface area is 101 Å². The largest absolute Gasteiger partial charge is 0.396 e. The van der Waals surface area contributed by atoms with Gasteiger partial charge in [-0.15, -0.1) is 11.8 Å². The van der Waals surface area contributed by atoms with Crippen molar-refractivity contribution >= 4 is 17.4 Å². The van der Waals surface area contributed by atoms with Gasteiger partial charge in [0.25, 0.3) is 0 Å². The Morgan fingerprint density at radius 3 is 2.44 bits per heavy atom. The second-order valence-corrected chi connectivity index (χ2v) is 5.79. The van der Waals surface area contributed by atoms with Crippen LogP contribution < -0.4 is 5.73 Å². The number of hydrogen-bond donors (Lipinski definition) is 1. The van der Waals surface area contributed by atoms with E-state index in [2.05, 4.69) is 0 Å². The monoisotopic (exact) mass is 239 g/mol. The minimum absolute atomic E-state index is 0.241. The summed E-state index contributed by atoms with van der Waals surface area (Å²) in [6.45, 7) is 0. The maximum atomic E-state index is 13.3. The molecule has 0 heterocycles. The van der Waals surface area contributed by atoms with E-state index < -0.39 is 0 Å². The van der Waals surface area contributed by atoms with E-state index in [1.54, 1.807) is 23.9 Å². The van der Waals surface area contributed by atoms with Crippen LogP contribution in [0.15, 0.2) is 23.1 Å². The highest BCUT2D eigenvalue weighted by molar-refractivity contribution is 8.00. The average molecular weight is 239 g/mol. The van der Waals surface area contributed by atoms with Gasteiger partial charge in [-0.25, -0.2) is 4.39 Å². The summed E-state index contributed by atoms with van der Waals surface area (Å²) in [5.74, 6) is -0.293. The molecule has 0 amide bonds. The molecule has 1 aliphatic rings. The van der Waals surface area contributed by atoms with E-state index in [1.807, 2.05) is 6.07 Å². The van der Waals surface area contributed by atoms with Gasteiger partial charge in [0.1, 0.15) is 5.82 Å².